The van der Waals surface area contributed by atoms with Gasteiger partial charge in [0.05, 0.1) is 21.9 Å². The number of rotatable bonds is 3. The van der Waals surface area contributed by atoms with Crippen molar-refractivity contribution in [2.24, 2.45) is 0 Å². The third-order valence-corrected chi connectivity index (χ3v) is 12.5. The molecule has 13 rings (SSSR count). The van der Waals surface area contributed by atoms with Gasteiger partial charge in [-0.15, -0.1) is 0 Å². The van der Waals surface area contributed by atoms with Gasteiger partial charge in [-0.05, 0) is 102 Å². The Kier molecular flexibility index (Phi) is 5.70. The fraction of sp³-hybridized carbons (Fsp3) is 0.0385. The first-order valence-corrected chi connectivity index (χ1v) is 18.6. The molecule has 1 heterocycles. The van der Waals surface area contributed by atoms with E-state index in [1.54, 1.807) is 0 Å². The standard InChI is InChI=1S/C52H33N/c1-3-15-36-31-38(27-25-34(36)13-1)51-43-19-7-9-21-45(43)52(46-22-10-8-20-44(46)51,39-28-26-35-14-2-4-16-37(35)32-39)48-33-40(29-30-47(48)51)53-49-23-11-5-17-41(49)42-18-6-12-24-50(42)53/h1-33H. The predicted octanol–water partition coefficient (Wildman–Crippen LogP) is 12.5. The van der Waals surface area contributed by atoms with Gasteiger partial charge in [-0.1, -0.05) is 164 Å². The normalized spacial score (nSPS) is 18.3. The third-order valence-electron chi connectivity index (χ3n) is 12.5. The molecule has 0 N–H and O–H groups in total. The van der Waals surface area contributed by atoms with E-state index >= 15 is 0 Å². The molecule has 1 aromatic heterocycles. The molecule has 0 amide bonds. The summed E-state index contributed by atoms with van der Waals surface area (Å²) in [5, 5.41) is 7.57. The minimum atomic E-state index is -0.542. The zero-order valence-corrected chi connectivity index (χ0v) is 29.0. The lowest BCUT2D eigenvalue weighted by Gasteiger charge is -2.57. The van der Waals surface area contributed by atoms with Crippen LogP contribution in [0.15, 0.2) is 200 Å². The van der Waals surface area contributed by atoms with Crippen molar-refractivity contribution in [3.05, 3.63) is 245 Å². The van der Waals surface area contributed by atoms with Crippen molar-refractivity contribution in [1.29, 1.82) is 0 Å². The summed E-state index contributed by atoms with van der Waals surface area (Å²) < 4.78 is 2.47. The lowest BCUT2D eigenvalue weighted by Crippen LogP contribution is -2.52. The van der Waals surface area contributed by atoms with Crippen LogP contribution in [-0.4, -0.2) is 4.57 Å². The first kappa shape index (κ1) is 28.9. The second kappa shape index (κ2) is 10.4. The van der Waals surface area contributed by atoms with E-state index in [1.165, 1.54) is 93.5 Å². The van der Waals surface area contributed by atoms with Gasteiger partial charge in [-0.25, -0.2) is 0 Å². The molecular formula is C52H33N. The largest absolute Gasteiger partial charge is 0.309 e. The molecule has 2 bridgehead atoms. The molecule has 246 valence electrons. The highest BCUT2D eigenvalue weighted by atomic mass is 15.0. The molecule has 10 aromatic rings. The summed E-state index contributed by atoms with van der Waals surface area (Å²) in [6, 6.07) is 75.5. The Hall–Kier alpha value is -6.70. The van der Waals surface area contributed by atoms with Crippen LogP contribution in [0.25, 0.3) is 49.0 Å². The van der Waals surface area contributed by atoms with Crippen LogP contribution in [0.5, 0.6) is 0 Å². The summed E-state index contributed by atoms with van der Waals surface area (Å²) in [4.78, 5) is 0. The summed E-state index contributed by atoms with van der Waals surface area (Å²) >= 11 is 0. The van der Waals surface area contributed by atoms with Gasteiger partial charge in [0.25, 0.3) is 0 Å². The van der Waals surface area contributed by atoms with Crippen LogP contribution in [0.4, 0.5) is 0 Å². The molecule has 0 spiro atoms. The van der Waals surface area contributed by atoms with E-state index in [-0.39, 0.29) is 0 Å². The highest BCUT2D eigenvalue weighted by molar-refractivity contribution is 6.09. The van der Waals surface area contributed by atoms with Gasteiger partial charge < -0.3 is 4.57 Å². The minimum Gasteiger partial charge on any atom is -0.309 e. The maximum absolute atomic E-state index is 2.53. The maximum Gasteiger partial charge on any atom is 0.0712 e. The Labute approximate surface area is 308 Å². The topological polar surface area (TPSA) is 4.93 Å². The van der Waals surface area contributed by atoms with Crippen molar-refractivity contribution in [1.82, 2.24) is 4.57 Å². The van der Waals surface area contributed by atoms with Crippen LogP contribution in [-0.2, 0) is 10.8 Å². The molecule has 1 heteroatoms. The highest BCUT2D eigenvalue weighted by Gasteiger charge is 2.60. The van der Waals surface area contributed by atoms with Crippen molar-refractivity contribution in [3.8, 4) is 5.69 Å². The fourth-order valence-electron chi connectivity index (χ4n) is 10.4. The molecule has 0 saturated carbocycles. The van der Waals surface area contributed by atoms with Crippen molar-refractivity contribution in [2.75, 3.05) is 0 Å². The maximum atomic E-state index is 2.53. The summed E-state index contributed by atoms with van der Waals surface area (Å²) in [5.41, 5.74) is 13.3. The third kappa shape index (κ3) is 3.57. The molecule has 0 aliphatic heterocycles. The summed E-state index contributed by atoms with van der Waals surface area (Å²) in [6.07, 6.45) is 0. The number of fused-ring (bicyclic) bond motifs is 5. The molecule has 0 fully saturated rings. The molecule has 53 heavy (non-hydrogen) atoms. The molecule has 1 nitrogen and oxygen atoms in total. The summed E-state index contributed by atoms with van der Waals surface area (Å²) in [7, 11) is 0. The van der Waals surface area contributed by atoms with E-state index in [4.69, 9.17) is 0 Å². The first-order valence-electron chi connectivity index (χ1n) is 18.6. The van der Waals surface area contributed by atoms with Crippen molar-refractivity contribution >= 4 is 43.4 Å². The van der Waals surface area contributed by atoms with E-state index in [0.717, 1.165) is 0 Å². The number of hydrogen-bond donors (Lipinski definition) is 0. The quantitative estimate of drug-likeness (QED) is 0.176. The molecule has 0 atom stereocenters. The number of aromatic nitrogens is 1. The smallest absolute Gasteiger partial charge is 0.0712 e. The Morgan fingerprint density at radius 1 is 0.283 bits per heavy atom. The minimum absolute atomic E-state index is 0.509. The van der Waals surface area contributed by atoms with Crippen LogP contribution >= 0.6 is 0 Å². The number of benzene rings is 9. The highest BCUT2D eigenvalue weighted by Crippen LogP contribution is 2.66. The van der Waals surface area contributed by atoms with Gasteiger partial charge >= 0.3 is 0 Å². The van der Waals surface area contributed by atoms with Gasteiger partial charge in [0.2, 0.25) is 0 Å². The lowest BCUT2D eigenvalue weighted by atomic mass is 9.44. The second-order valence-corrected chi connectivity index (χ2v) is 14.8. The zero-order chi connectivity index (χ0) is 34.7. The Morgan fingerprint density at radius 2 is 0.679 bits per heavy atom. The van der Waals surface area contributed by atoms with Gasteiger partial charge in [0.1, 0.15) is 0 Å². The van der Waals surface area contributed by atoms with Crippen molar-refractivity contribution in [3.63, 3.8) is 0 Å². The van der Waals surface area contributed by atoms with E-state index in [1.807, 2.05) is 0 Å². The SMILES string of the molecule is c1ccc2c(c1)C1(c3ccc4ccccc4c3)c3ccccc3C2(c2ccc3ccccc3c2)c2cc(-n3c4ccccc4c4ccccc43)ccc21. The first-order chi connectivity index (χ1) is 26.3. The van der Waals surface area contributed by atoms with E-state index < -0.39 is 10.8 Å². The molecular weight excluding hydrogens is 639 g/mol. The van der Waals surface area contributed by atoms with Crippen molar-refractivity contribution < 1.29 is 0 Å². The molecule has 9 aromatic carbocycles. The molecule has 3 aliphatic carbocycles. The summed E-state index contributed by atoms with van der Waals surface area (Å²) in [5.74, 6) is 0. The van der Waals surface area contributed by atoms with Crippen LogP contribution in [0.2, 0.25) is 0 Å². The van der Waals surface area contributed by atoms with E-state index in [0.29, 0.717) is 0 Å². The van der Waals surface area contributed by atoms with Crippen LogP contribution in [0.1, 0.15) is 44.5 Å². The predicted molar refractivity (Wildman–Crippen MR) is 220 cm³/mol. The number of nitrogens with zero attached hydrogens (tertiary/aromatic N) is 1. The molecule has 0 unspecified atom stereocenters. The van der Waals surface area contributed by atoms with Crippen molar-refractivity contribution in [2.45, 2.75) is 10.8 Å². The summed E-state index contributed by atoms with van der Waals surface area (Å²) in [6.45, 7) is 0. The number of para-hydroxylation sites is 2. The van der Waals surface area contributed by atoms with Crippen LogP contribution in [0, 0.1) is 0 Å². The van der Waals surface area contributed by atoms with Gasteiger partial charge in [0, 0.05) is 16.5 Å². The fourth-order valence-corrected chi connectivity index (χ4v) is 10.4. The van der Waals surface area contributed by atoms with Gasteiger partial charge in [0.15, 0.2) is 0 Å². The lowest BCUT2D eigenvalue weighted by molar-refractivity contribution is 0.557. The molecule has 0 saturated heterocycles. The Balaban J connectivity index is 1.27. The van der Waals surface area contributed by atoms with Crippen LogP contribution < -0.4 is 0 Å². The second-order valence-electron chi connectivity index (χ2n) is 14.8. The Morgan fingerprint density at radius 3 is 1.19 bits per heavy atom. The zero-order valence-electron chi connectivity index (χ0n) is 29.0. The molecule has 3 aliphatic rings. The van der Waals surface area contributed by atoms with E-state index in [2.05, 4.69) is 205 Å². The average Bonchev–Trinajstić information content (AvgIpc) is 3.57. The van der Waals surface area contributed by atoms with Gasteiger partial charge in [-0.2, -0.15) is 0 Å². The monoisotopic (exact) mass is 671 g/mol. The van der Waals surface area contributed by atoms with Crippen LogP contribution in [0.3, 0.4) is 0 Å². The molecule has 0 radical (unpaired) electrons. The average molecular weight is 672 g/mol. The Bertz CT molecular complexity index is 3040. The van der Waals surface area contributed by atoms with Gasteiger partial charge in [-0.3, -0.25) is 0 Å². The van der Waals surface area contributed by atoms with E-state index in [9.17, 15) is 0 Å². The number of hydrogen-bond acceptors (Lipinski definition) is 0.